The van der Waals surface area contributed by atoms with Crippen LogP contribution in [0.15, 0.2) is 41.8 Å². The second-order valence-electron chi connectivity index (χ2n) is 5.82. The van der Waals surface area contributed by atoms with E-state index in [9.17, 15) is 14.9 Å². The Labute approximate surface area is 164 Å². The molecule has 0 atom stereocenters. The predicted molar refractivity (Wildman–Crippen MR) is 106 cm³/mol. The second kappa shape index (κ2) is 8.05. The summed E-state index contributed by atoms with van der Waals surface area (Å²) in [5.74, 6) is 0.815. The molecule has 28 heavy (non-hydrogen) atoms. The highest BCUT2D eigenvalue weighted by atomic mass is 32.1. The van der Waals surface area contributed by atoms with Gasteiger partial charge in [0.1, 0.15) is 0 Å². The summed E-state index contributed by atoms with van der Waals surface area (Å²) in [5, 5.41) is 15.9. The van der Waals surface area contributed by atoms with E-state index in [2.05, 4.69) is 10.3 Å². The number of benzene rings is 2. The van der Waals surface area contributed by atoms with E-state index in [0.717, 1.165) is 5.56 Å². The number of aromatic nitrogens is 1. The SMILES string of the molecule is COc1ccc(-c2csc(NC(=O)c3ccc([N+](=O)[O-])c(C)c3)n2)cc1OC. The lowest BCUT2D eigenvalue weighted by Gasteiger charge is -2.08. The molecule has 0 aliphatic heterocycles. The van der Waals surface area contributed by atoms with Gasteiger partial charge in [-0.25, -0.2) is 4.98 Å². The summed E-state index contributed by atoms with van der Waals surface area (Å²) >= 11 is 1.28. The zero-order valence-corrected chi connectivity index (χ0v) is 16.2. The van der Waals surface area contributed by atoms with Crippen LogP contribution in [-0.2, 0) is 0 Å². The highest BCUT2D eigenvalue weighted by molar-refractivity contribution is 7.14. The number of nitrogens with one attached hydrogen (secondary N) is 1. The molecule has 1 N–H and O–H groups in total. The van der Waals surface area contributed by atoms with Crippen molar-refractivity contribution in [2.45, 2.75) is 6.92 Å². The first-order valence-electron chi connectivity index (χ1n) is 8.17. The Hall–Kier alpha value is -3.46. The number of rotatable bonds is 6. The zero-order valence-electron chi connectivity index (χ0n) is 15.4. The van der Waals surface area contributed by atoms with Crippen LogP contribution in [0.3, 0.4) is 0 Å². The maximum Gasteiger partial charge on any atom is 0.272 e. The van der Waals surface area contributed by atoms with E-state index in [0.29, 0.717) is 33.5 Å². The number of hydrogen-bond acceptors (Lipinski definition) is 7. The van der Waals surface area contributed by atoms with E-state index in [4.69, 9.17) is 9.47 Å². The summed E-state index contributed by atoms with van der Waals surface area (Å²) in [4.78, 5) is 27.3. The highest BCUT2D eigenvalue weighted by Gasteiger charge is 2.15. The van der Waals surface area contributed by atoms with Crippen molar-refractivity contribution in [1.82, 2.24) is 4.98 Å². The lowest BCUT2D eigenvalue weighted by Crippen LogP contribution is -2.12. The molecule has 1 amide bonds. The topological polar surface area (TPSA) is 104 Å². The van der Waals surface area contributed by atoms with Crippen molar-refractivity contribution in [2.24, 2.45) is 0 Å². The fourth-order valence-electron chi connectivity index (χ4n) is 2.63. The Kier molecular flexibility index (Phi) is 5.55. The van der Waals surface area contributed by atoms with E-state index in [1.165, 1.54) is 29.5 Å². The summed E-state index contributed by atoms with van der Waals surface area (Å²) in [5.41, 5.74) is 2.22. The van der Waals surface area contributed by atoms with Crippen LogP contribution >= 0.6 is 11.3 Å². The molecule has 8 nitrogen and oxygen atoms in total. The maximum absolute atomic E-state index is 12.4. The molecule has 0 unspecified atom stereocenters. The van der Waals surface area contributed by atoms with Gasteiger partial charge < -0.3 is 9.47 Å². The number of amides is 1. The molecule has 3 aromatic rings. The van der Waals surface area contributed by atoms with Gasteiger partial charge in [-0.1, -0.05) is 0 Å². The Morgan fingerprint density at radius 2 is 1.89 bits per heavy atom. The third-order valence-corrected chi connectivity index (χ3v) is 4.82. The summed E-state index contributed by atoms with van der Waals surface area (Å²) in [7, 11) is 3.12. The smallest absolute Gasteiger partial charge is 0.272 e. The number of aryl methyl sites for hydroxylation is 1. The zero-order chi connectivity index (χ0) is 20.3. The molecule has 1 heterocycles. The Bertz CT molecular complexity index is 1050. The fourth-order valence-corrected chi connectivity index (χ4v) is 3.34. The Morgan fingerprint density at radius 1 is 1.14 bits per heavy atom. The lowest BCUT2D eigenvalue weighted by molar-refractivity contribution is -0.385. The van der Waals surface area contributed by atoms with Gasteiger partial charge in [0.25, 0.3) is 11.6 Å². The molecule has 0 saturated heterocycles. The molecular weight excluding hydrogens is 382 g/mol. The van der Waals surface area contributed by atoms with Crippen LogP contribution in [0.25, 0.3) is 11.3 Å². The minimum atomic E-state index is -0.479. The van der Waals surface area contributed by atoms with Crippen molar-refractivity contribution >= 4 is 28.1 Å². The number of nitro benzene ring substituents is 1. The van der Waals surface area contributed by atoms with Crippen LogP contribution in [0.1, 0.15) is 15.9 Å². The van der Waals surface area contributed by atoms with Gasteiger partial charge >= 0.3 is 0 Å². The maximum atomic E-state index is 12.4. The number of methoxy groups -OCH3 is 2. The van der Waals surface area contributed by atoms with Crippen LogP contribution in [0.2, 0.25) is 0 Å². The monoisotopic (exact) mass is 399 g/mol. The largest absolute Gasteiger partial charge is 0.493 e. The standard InChI is InChI=1S/C19H17N3O5S/c1-11-8-13(4-6-15(11)22(24)25)18(23)21-19-20-14(10-28-19)12-5-7-16(26-2)17(9-12)27-3/h4-10H,1-3H3,(H,20,21,23). The normalized spacial score (nSPS) is 10.4. The third-order valence-electron chi connectivity index (χ3n) is 4.06. The number of anilines is 1. The first kappa shape index (κ1) is 19.3. The number of carbonyl (C=O) groups excluding carboxylic acids is 1. The van der Waals surface area contributed by atoms with Gasteiger partial charge in [0.05, 0.1) is 24.8 Å². The molecule has 3 rings (SSSR count). The quantitative estimate of drug-likeness (QED) is 0.490. The molecule has 0 radical (unpaired) electrons. The number of hydrogen-bond donors (Lipinski definition) is 1. The van der Waals surface area contributed by atoms with E-state index >= 15 is 0 Å². The average Bonchev–Trinajstić information content (AvgIpc) is 3.15. The van der Waals surface area contributed by atoms with Gasteiger partial charge in [-0.05, 0) is 37.3 Å². The van der Waals surface area contributed by atoms with Crippen LogP contribution < -0.4 is 14.8 Å². The first-order chi connectivity index (χ1) is 13.4. The van der Waals surface area contributed by atoms with E-state index in [1.807, 2.05) is 11.4 Å². The van der Waals surface area contributed by atoms with Crippen molar-refractivity contribution in [3.8, 4) is 22.8 Å². The van der Waals surface area contributed by atoms with Crippen LogP contribution in [0.4, 0.5) is 10.8 Å². The van der Waals surface area contributed by atoms with Gasteiger partial charge in [-0.15, -0.1) is 11.3 Å². The summed E-state index contributed by atoms with van der Waals surface area (Å²) < 4.78 is 10.5. The molecule has 0 saturated carbocycles. The molecule has 0 aliphatic carbocycles. The summed E-state index contributed by atoms with van der Waals surface area (Å²) in [6, 6.07) is 9.66. The average molecular weight is 399 g/mol. The molecule has 144 valence electrons. The Morgan fingerprint density at radius 3 is 2.54 bits per heavy atom. The van der Waals surface area contributed by atoms with Crippen molar-refractivity contribution in [2.75, 3.05) is 19.5 Å². The molecular formula is C19H17N3O5S. The molecule has 0 spiro atoms. The van der Waals surface area contributed by atoms with Gasteiger partial charge in [0, 0.05) is 28.1 Å². The minimum absolute atomic E-state index is 0.0264. The van der Waals surface area contributed by atoms with Crippen molar-refractivity contribution in [3.05, 3.63) is 63.0 Å². The minimum Gasteiger partial charge on any atom is -0.493 e. The van der Waals surface area contributed by atoms with Gasteiger partial charge in [-0.3, -0.25) is 20.2 Å². The molecule has 0 bridgehead atoms. The van der Waals surface area contributed by atoms with Crippen molar-refractivity contribution < 1.29 is 19.2 Å². The number of thiazole rings is 1. The van der Waals surface area contributed by atoms with Gasteiger partial charge in [-0.2, -0.15) is 0 Å². The molecule has 1 aromatic heterocycles. The number of carbonyl (C=O) groups is 1. The lowest BCUT2D eigenvalue weighted by atomic mass is 10.1. The third kappa shape index (κ3) is 3.94. The highest BCUT2D eigenvalue weighted by Crippen LogP contribution is 2.33. The summed E-state index contributed by atoms with van der Waals surface area (Å²) in [6.07, 6.45) is 0. The molecule has 2 aromatic carbocycles. The first-order valence-corrected chi connectivity index (χ1v) is 9.05. The van der Waals surface area contributed by atoms with E-state index < -0.39 is 4.92 Å². The number of ether oxygens (including phenoxy) is 2. The van der Waals surface area contributed by atoms with Crippen LogP contribution in [-0.4, -0.2) is 30.0 Å². The second-order valence-corrected chi connectivity index (χ2v) is 6.68. The predicted octanol–water partition coefficient (Wildman–Crippen LogP) is 4.30. The number of nitrogens with zero attached hydrogens (tertiary/aromatic N) is 2. The molecule has 9 heteroatoms. The van der Waals surface area contributed by atoms with Gasteiger partial charge in [0.2, 0.25) is 0 Å². The Balaban J connectivity index is 1.78. The number of nitro groups is 1. The van der Waals surface area contributed by atoms with Crippen LogP contribution in [0, 0.1) is 17.0 Å². The van der Waals surface area contributed by atoms with Crippen molar-refractivity contribution in [3.63, 3.8) is 0 Å². The summed E-state index contributed by atoms with van der Waals surface area (Å²) in [6.45, 7) is 1.59. The van der Waals surface area contributed by atoms with E-state index in [-0.39, 0.29) is 11.6 Å². The molecule has 0 aliphatic rings. The van der Waals surface area contributed by atoms with Gasteiger partial charge in [0.15, 0.2) is 16.6 Å². The fraction of sp³-hybridized carbons (Fsp3) is 0.158. The molecule has 0 fully saturated rings. The van der Waals surface area contributed by atoms with E-state index in [1.54, 1.807) is 33.3 Å². The van der Waals surface area contributed by atoms with Crippen molar-refractivity contribution in [1.29, 1.82) is 0 Å². The van der Waals surface area contributed by atoms with Crippen LogP contribution in [0.5, 0.6) is 11.5 Å².